The van der Waals surface area contributed by atoms with E-state index in [0.29, 0.717) is 5.92 Å². The number of rotatable bonds is 5. The molecule has 1 aliphatic rings. The van der Waals surface area contributed by atoms with Crippen molar-refractivity contribution in [3.8, 4) is 0 Å². The number of hydrogen-bond donors (Lipinski definition) is 2. The monoisotopic (exact) mass is 201 g/mol. The van der Waals surface area contributed by atoms with E-state index in [1.54, 1.807) is 0 Å². The molecule has 1 aliphatic heterocycles. The van der Waals surface area contributed by atoms with Crippen molar-refractivity contribution >= 4 is 0 Å². The van der Waals surface area contributed by atoms with Crippen LogP contribution in [0.5, 0.6) is 0 Å². The number of aliphatic hydroxyl groups is 1. The smallest absolute Gasteiger partial charge is 0.0661 e. The Morgan fingerprint density at radius 1 is 1.43 bits per heavy atom. The summed E-state index contributed by atoms with van der Waals surface area (Å²) in [6.45, 7) is 7.54. The first-order chi connectivity index (χ1) is 6.67. The minimum absolute atomic E-state index is 0.412. The Morgan fingerprint density at radius 3 is 2.64 bits per heavy atom. The van der Waals surface area contributed by atoms with Gasteiger partial charge in [-0.1, -0.05) is 6.92 Å². The van der Waals surface area contributed by atoms with Gasteiger partial charge in [0.05, 0.1) is 5.60 Å². The Hall–Kier alpha value is -0.120. The van der Waals surface area contributed by atoms with Crippen molar-refractivity contribution in [2.45, 2.75) is 38.7 Å². The lowest BCUT2D eigenvalue weighted by Gasteiger charge is -2.35. The van der Waals surface area contributed by atoms with Gasteiger partial charge in [0.15, 0.2) is 0 Å². The van der Waals surface area contributed by atoms with Crippen LogP contribution in [0.25, 0.3) is 0 Å². The highest BCUT2D eigenvalue weighted by atomic mass is 16.5. The minimum atomic E-state index is -0.522. The summed E-state index contributed by atoms with van der Waals surface area (Å²) in [5.74, 6) is 0.412. The third-order valence-electron chi connectivity index (χ3n) is 3.16. The fourth-order valence-corrected chi connectivity index (χ4v) is 2.04. The van der Waals surface area contributed by atoms with E-state index in [-0.39, 0.29) is 0 Å². The largest absolute Gasteiger partial charge is 0.390 e. The molecule has 0 saturated carbocycles. The van der Waals surface area contributed by atoms with Crippen molar-refractivity contribution in [1.82, 2.24) is 5.32 Å². The van der Waals surface area contributed by atoms with Crippen LogP contribution in [0, 0.1) is 5.92 Å². The summed E-state index contributed by atoms with van der Waals surface area (Å²) >= 11 is 0. The van der Waals surface area contributed by atoms with Gasteiger partial charge in [-0.15, -0.1) is 0 Å². The zero-order valence-corrected chi connectivity index (χ0v) is 9.38. The lowest BCUT2D eigenvalue weighted by molar-refractivity contribution is -0.0577. The maximum Gasteiger partial charge on any atom is 0.0661 e. The lowest BCUT2D eigenvalue weighted by Crippen LogP contribution is -2.40. The van der Waals surface area contributed by atoms with Gasteiger partial charge in [0.25, 0.3) is 0 Å². The predicted molar refractivity (Wildman–Crippen MR) is 57.3 cm³/mol. The Balaban J connectivity index is 2.29. The van der Waals surface area contributed by atoms with Crippen LogP contribution in [0.1, 0.15) is 33.1 Å². The second-order valence-corrected chi connectivity index (χ2v) is 4.35. The lowest BCUT2D eigenvalue weighted by atomic mass is 9.81. The molecular formula is C11H23NO2. The second kappa shape index (κ2) is 5.69. The van der Waals surface area contributed by atoms with E-state index in [1.807, 2.05) is 6.92 Å². The van der Waals surface area contributed by atoms with Gasteiger partial charge in [-0.2, -0.15) is 0 Å². The first-order valence-electron chi connectivity index (χ1n) is 5.67. The maximum atomic E-state index is 10.3. The molecule has 0 radical (unpaired) electrons. The fraction of sp³-hybridized carbons (Fsp3) is 1.00. The third-order valence-corrected chi connectivity index (χ3v) is 3.16. The van der Waals surface area contributed by atoms with Crippen LogP contribution in [0.4, 0.5) is 0 Å². The molecule has 1 unspecified atom stereocenters. The van der Waals surface area contributed by atoms with Gasteiger partial charge in [0, 0.05) is 13.2 Å². The van der Waals surface area contributed by atoms with Gasteiger partial charge >= 0.3 is 0 Å². The molecule has 2 N–H and O–H groups in total. The molecule has 3 heteroatoms. The van der Waals surface area contributed by atoms with E-state index in [4.69, 9.17) is 4.74 Å². The highest BCUT2D eigenvalue weighted by Gasteiger charge is 2.32. The van der Waals surface area contributed by atoms with Gasteiger partial charge in [-0.05, 0) is 45.2 Å². The molecule has 0 aromatic rings. The average molecular weight is 201 g/mol. The molecule has 3 nitrogen and oxygen atoms in total. The molecule has 14 heavy (non-hydrogen) atoms. The topological polar surface area (TPSA) is 41.5 Å². The second-order valence-electron chi connectivity index (χ2n) is 4.35. The highest BCUT2D eigenvalue weighted by Crippen LogP contribution is 2.29. The first kappa shape index (κ1) is 12.0. The predicted octanol–water partition coefficient (Wildman–Crippen LogP) is 1.16. The zero-order valence-electron chi connectivity index (χ0n) is 9.38. The van der Waals surface area contributed by atoms with Gasteiger partial charge in [0.2, 0.25) is 0 Å². The standard InChI is InChI=1S/C11H23NO2/c1-3-12-7-6-11(2,13)10-4-8-14-9-5-10/h10,12-13H,3-9H2,1-2H3. The first-order valence-corrected chi connectivity index (χ1v) is 5.67. The van der Waals surface area contributed by atoms with E-state index in [1.165, 1.54) is 0 Å². The number of hydrogen-bond acceptors (Lipinski definition) is 3. The van der Waals surface area contributed by atoms with Crippen molar-refractivity contribution in [2.75, 3.05) is 26.3 Å². The summed E-state index contributed by atoms with van der Waals surface area (Å²) in [7, 11) is 0. The van der Waals surface area contributed by atoms with Crippen LogP contribution in [-0.4, -0.2) is 37.0 Å². The molecule has 0 spiro atoms. The highest BCUT2D eigenvalue weighted by molar-refractivity contribution is 4.84. The quantitative estimate of drug-likeness (QED) is 0.656. The van der Waals surface area contributed by atoms with Crippen molar-refractivity contribution in [3.63, 3.8) is 0 Å². The Kier molecular flexibility index (Phi) is 4.85. The summed E-state index contributed by atoms with van der Waals surface area (Å²) in [4.78, 5) is 0. The average Bonchev–Trinajstić information content (AvgIpc) is 2.19. The van der Waals surface area contributed by atoms with Gasteiger partial charge < -0.3 is 15.2 Å². The molecule has 1 fully saturated rings. The molecule has 1 heterocycles. The molecule has 0 aromatic heterocycles. The fourth-order valence-electron chi connectivity index (χ4n) is 2.04. The van der Waals surface area contributed by atoms with Crippen molar-refractivity contribution in [2.24, 2.45) is 5.92 Å². The van der Waals surface area contributed by atoms with Crippen LogP contribution >= 0.6 is 0 Å². The van der Waals surface area contributed by atoms with Crippen LogP contribution in [0.2, 0.25) is 0 Å². The Bertz CT molecular complexity index is 153. The molecule has 0 aliphatic carbocycles. The summed E-state index contributed by atoms with van der Waals surface area (Å²) in [6.07, 6.45) is 2.84. The normalized spacial score (nSPS) is 23.4. The molecule has 1 rings (SSSR count). The molecule has 0 amide bonds. The van der Waals surface area contributed by atoms with Crippen LogP contribution in [0.3, 0.4) is 0 Å². The van der Waals surface area contributed by atoms with E-state index in [0.717, 1.165) is 45.6 Å². The zero-order chi connectivity index (χ0) is 10.4. The van der Waals surface area contributed by atoms with Crippen LogP contribution in [-0.2, 0) is 4.74 Å². The van der Waals surface area contributed by atoms with E-state index in [2.05, 4.69) is 12.2 Å². The van der Waals surface area contributed by atoms with Crippen LogP contribution in [0.15, 0.2) is 0 Å². The minimum Gasteiger partial charge on any atom is -0.390 e. The Labute approximate surface area is 86.8 Å². The maximum absolute atomic E-state index is 10.3. The number of ether oxygens (including phenoxy) is 1. The van der Waals surface area contributed by atoms with Crippen molar-refractivity contribution < 1.29 is 9.84 Å². The van der Waals surface area contributed by atoms with Crippen LogP contribution < -0.4 is 5.32 Å². The Morgan fingerprint density at radius 2 is 2.07 bits per heavy atom. The van der Waals surface area contributed by atoms with Crippen molar-refractivity contribution in [1.29, 1.82) is 0 Å². The van der Waals surface area contributed by atoms with Gasteiger partial charge in [-0.3, -0.25) is 0 Å². The molecule has 84 valence electrons. The van der Waals surface area contributed by atoms with Crippen molar-refractivity contribution in [3.05, 3.63) is 0 Å². The third kappa shape index (κ3) is 3.56. The van der Waals surface area contributed by atoms with Gasteiger partial charge in [-0.25, -0.2) is 0 Å². The molecule has 0 aromatic carbocycles. The summed E-state index contributed by atoms with van der Waals surface area (Å²) < 4.78 is 5.29. The molecular weight excluding hydrogens is 178 g/mol. The van der Waals surface area contributed by atoms with E-state index < -0.39 is 5.60 Å². The summed E-state index contributed by atoms with van der Waals surface area (Å²) in [6, 6.07) is 0. The van der Waals surface area contributed by atoms with E-state index >= 15 is 0 Å². The molecule has 1 atom stereocenters. The van der Waals surface area contributed by atoms with Gasteiger partial charge in [0.1, 0.15) is 0 Å². The summed E-state index contributed by atoms with van der Waals surface area (Å²) in [5.41, 5.74) is -0.522. The number of nitrogens with one attached hydrogen (secondary N) is 1. The van der Waals surface area contributed by atoms with E-state index in [9.17, 15) is 5.11 Å². The molecule has 1 saturated heterocycles. The summed E-state index contributed by atoms with van der Waals surface area (Å²) in [5, 5.41) is 13.5. The molecule has 0 bridgehead atoms. The SMILES string of the molecule is CCNCCC(C)(O)C1CCOCC1.